The number of rotatable bonds is 5. The van der Waals surface area contributed by atoms with Gasteiger partial charge in [0.1, 0.15) is 17.0 Å². The van der Waals surface area contributed by atoms with Gasteiger partial charge in [0.25, 0.3) is 5.91 Å². The van der Waals surface area contributed by atoms with E-state index in [1.54, 1.807) is 36.2 Å². The zero-order valence-corrected chi connectivity index (χ0v) is 13.8. The molecule has 0 radical (unpaired) electrons. The quantitative estimate of drug-likeness (QED) is 0.756. The lowest BCUT2D eigenvalue weighted by Crippen LogP contribution is -2.30. The number of likely N-dealkylation sites (N-methyl/N-ethyl adjacent to an activating group) is 1. The van der Waals surface area contributed by atoms with Crippen LogP contribution in [0.1, 0.15) is 10.4 Å². The number of amides is 1. The summed E-state index contributed by atoms with van der Waals surface area (Å²) in [6.07, 6.45) is 1.54. The molecule has 0 aliphatic rings. The van der Waals surface area contributed by atoms with Gasteiger partial charge in [0.2, 0.25) is 0 Å². The summed E-state index contributed by atoms with van der Waals surface area (Å²) in [5.41, 5.74) is 0.540. The normalized spacial score (nSPS) is 10.2. The molecule has 0 atom stereocenters. The number of hydrogen-bond acceptors (Lipinski definition) is 3. The summed E-state index contributed by atoms with van der Waals surface area (Å²) in [4.78, 5) is 17.8. The zero-order chi connectivity index (χ0) is 15.2. The summed E-state index contributed by atoms with van der Waals surface area (Å²) in [5, 5.41) is 0.559. The molecule has 1 aromatic heterocycles. The average molecular weight is 370 g/mol. The fraction of sp³-hybridized carbons (Fsp3) is 0.200. The molecule has 0 saturated carbocycles. The number of aromatic nitrogens is 1. The van der Waals surface area contributed by atoms with Crippen LogP contribution in [0.25, 0.3) is 0 Å². The maximum atomic E-state index is 12.2. The first-order chi connectivity index (χ1) is 10.1. The first-order valence-electron chi connectivity index (χ1n) is 6.32. The van der Waals surface area contributed by atoms with Gasteiger partial charge in [-0.15, -0.1) is 0 Å². The van der Waals surface area contributed by atoms with E-state index in [2.05, 4.69) is 20.9 Å². The number of halogens is 2. The van der Waals surface area contributed by atoms with Gasteiger partial charge in [0.15, 0.2) is 0 Å². The summed E-state index contributed by atoms with van der Waals surface area (Å²) < 4.78 is 6.26. The van der Waals surface area contributed by atoms with E-state index in [0.717, 1.165) is 0 Å². The molecule has 1 aromatic carbocycles. The molecule has 0 fully saturated rings. The lowest BCUT2D eigenvalue weighted by atomic mass is 10.2. The number of nitrogens with zero attached hydrogens (tertiary/aromatic N) is 2. The summed E-state index contributed by atoms with van der Waals surface area (Å²) in [5.74, 6) is 0.517. The van der Waals surface area contributed by atoms with Crippen molar-refractivity contribution in [3.05, 3.63) is 57.8 Å². The third-order valence-electron chi connectivity index (χ3n) is 2.84. The molecule has 2 aromatic rings. The van der Waals surface area contributed by atoms with Gasteiger partial charge in [-0.25, -0.2) is 4.98 Å². The molecule has 0 spiro atoms. The minimum absolute atomic E-state index is 0.0993. The topological polar surface area (TPSA) is 42.4 Å². The highest BCUT2D eigenvalue weighted by Gasteiger charge is 2.12. The number of carbonyl (C=O) groups excluding carboxylic acids is 1. The second kappa shape index (κ2) is 7.43. The minimum atomic E-state index is -0.0993. The van der Waals surface area contributed by atoms with E-state index in [-0.39, 0.29) is 5.91 Å². The Labute approximate surface area is 136 Å². The highest BCUT2D eigenvalue weighted by molar-refractivity contribution is 9.10. The third kappa shape index (κ3) is 4.44. The molecule has 4 nitrogen and oxygen atoms in total. The number of hydrogen-bond donors (Lipinski definition) is 0. The second-order valence-corrected chi connectivity index (χ2v) is 5.59. The standard InChI is InChI=1S/C15H14BrClN2O2/c1-19(15(20)11-6-7-14(16)18-10-11)8-9-21-13-5-3-2-4-12(13)17/h2-7,10H,8-9H2,1H3. The summed E-state index contributed by atoms with van der Waals surface area (Å²) in [6.45, 7) is 0.829. The first kappa shape index (κ1) is 15.8. The maximum Gasteiger partial charge on any atom is 0.255 e. The van der Waals surface area contributed by atoms with Crippen molar-refractivity contribution in [2.75, 3.05) is 20.2 Å². The van der Waals surface area contributed by atoms with Crippen LogP contribution in [0.4, 0.5) is 0 Å². The highest BCUT2D eigenvalue weighted by atomic mass is 79.9. The van der Waals surface area contributed by atoms with Crippen molar-refractivity contribution in [2.24, 2.45) is 0 Å². The summed E-state index contributed by atoms with van der Waals surface area (Å²) in [7, 11) is 1.72. The fourth-order valence-electron chi connectivity index (χ4n) is 1.68. The van der Waals surface area contributed by atoms with Crippen LogP contribution in [-0.4, -0.2) is 36.0 Å². The van der Waals surface area contributed by atoms with Crippen molar-refractivity contribution in [2.45, 2.75) is 0 Å². The van der Waals surface area contributed by atoms with Crippen LogP contribution in [0.2, 0.25) is 5.02 Å². The summed E-state index contributed by atoms with van der Waals surface area (Å²) in [6, 6.07) is 10.7. The average Bonchev–Trinajstić information content (AvgIpc) is 2.49. The van der Waals surface area contributed by atoms with Gasteiger partial charge in [-0.05, 0) is 40.2 Å². The van der Waals surface area contributed by atoms with Gasteiger partial charge in [0, 0.05) is 13.2 Å². The van der Waals surface area contributed by atoms with Crippen molar-refractivity contribution in [1.29, 1.82) is 0 Å². The van der Waals surface area contributed by atoms with Crippen molar-refractivity contribution < 1.29 is 9.53 Å². The van der Waals surface area contributed by atoms with Crippen LogP contribution < -0.4 is 4.74 Å². The van der Waals surface area contributed by atoms with Crippen molar-refractivity contribution in [1.82, 2.24) is 9.88 Å². The number of para-hydroxylation sites is 1. The number of pyridine rings is 1. The van der Waals surface area contributed by atoms with Crippen LogP contribution >= 0.6 is 27.5 Å². The minimum Gasteiger partial charge on any atom is -0.490 e. The monoisotopic (exact) mass is 368 g/mol. The molecule has 0 bridgehead atoms. The first-order valence-corrected chi connectivity index (χ1v) is 7.49. The molecule has 0 aliphatic heterocycles. The Morgan fingerprint density at radius 1 is 1.33 bits per heavy atom. The number of ether oxygens (including phenoxy) is 1. The van der Waals surface area contributed by atoms with E-state index in [4.69, 9.17) is 16.3 Å². The third-order valence-corrected chi connectivity index (χ3v) is 3.62. The highest BCUT2D eigenvalue weighted by Crippen LogP contribution is 2.22. The SMILES string of the molecule is CN(CCOc1ccccc1Cl)C(=O)c1ccc(Br)nc1. The van der Waals surface area contributed by atoms with Gasteiger partial charge in [-0.3, -0.25) is 4.79 Å². The van der Waals surface area contributed by atoms with Crippen LogP contribution in [-0.2, 0) is 0 Å². The Bertz CT molecular complexity index is 619. The lowest BCUT2D eigenvalue weighted by molar-refractivity contribution is 0.0773. The zero-order valence-electron chi connectivity index (χ0n) is 11.4. The Kier molecular flexibility index (Phi) is 5.59. The van der Waals surface area contributed by atoms with Crippen molar-refractivity contribution in [3.8, 4) is 5.75 Å². The van der Waals surface area contributed by atoms with Crippen LogP contribution in [0, 0.1) is 0 Å². The van der Waals surface area contributed by atoms with E-state index in [1.807, 2.05) is 12.1 Å². The largest absolute Gasteiger partial charge is 0.490 e. The smallest absolute Gasteiger partial charge is 0.255 e. The Morgan fingerprint density at radius 3 is 2.76 bits per heavy atom. The Hall–Kier alpha value is -1.59. The molecule has 21 heavy (non-hydrogen) atoms. The molecule has 1 amide bonds. The Morgan fingerprint density at radius 2 is 2.10 bits per heavy atom. The van der Waals surface area contributed by atoms with Gasteiger partial charge >= 0.3 is 0 Å². The van der Waals surface area contributed by atoms with Crippen LogP contribution in [0.3, 0.4) is 0 Å². The molecular formula is C15H14BrClN2O2. The molecule has 0 saturated heterocycles. The van der Waals surface area contributed by atoms with Crippen molar-refractivity contribution in [3.63, 3.8) is 0 Å². The second-order valence-electron chi connectivity index (χ2n) is 4.38. The fourth-order valence-corrected chi connectivity index (χ4v) is 2.10. The van der Waals surface area contributed by atoms with E-state index >= 15 is 0 Å². The van der Waals surface area contributed by atoms with Gasteiger partial charge in [0.05, 0.1) is 17.1 Å². The maximum absolute atomic E-state index is 12.2. The van der Waals surface area contributed by atoms with E-state index in [0.29, 0.717) is 34.1 Å². The van der Waals surface area contributed by atoms with Gasteiger partial charge in [-0.1, -0.05) is 23.7 Å². The molecule has 0 aliphatic carbocycles. The molecule has 2 rings (SSSR count). The summed E-state index contributed by atoms with van der Waals surface area (Å²) >= 11 is 9.23. The van der Waals surface area contributed by atoms with E-state index in [1.165, 1.54) is 6.20 Å². The molecule has 6 heteroatoms. The molecular weight excluding hydrogens is 356 g/mol. The number of benzene rings is 1. The lowest BCUT2D eigenvalue weighted by Gasteiger charge is -2.17. The molecule has 1 heterocycles. The van der Waals surface area contributed by atoms with Crippen molar-refractivity contribution >= 4 is 33.4 Å². The number of carbonyl (C=O) groups is 1. The van der Waals surface area contributed by atoms with E-state index < -0.39 is 0 Å². The van der Waals surface area contributed by atoms with Crippen LogP contribution in [0.5, 0.6) is 5.75 Å². The van der Waals surface area contributed by atoms with Gasteiger partial charge < -0.3 is 9.64 Å². The van der Waals surface area contributed by atoms with Crippen LogP contribution in [0.15, 0.2) is 47.2 Å². The molecule has 0 N–H and O–H groups in total. The van der Waals surface area contributed by atoms with E-state index in [9.17, 15) is 4.79 Å². The predicted octanol–water partition coefficient (Wildman–Crippen LogP) is 3.65. The predicted molar refractivity (Wildman–Crippen MR) is 85.8 cm³/mol. The molecule has 110 valence electrons. The Balaban J connectivity index is 1.87. The molecule has 0 unspecified atom stereocenters. The van der Waals surface area contributed by atoms with Gasteiger partial charge in [-0.2, -0.15) is 0 Å².